The molecule has 0 aliphatic rings. The number of aromatic nitrogens is 1. The van der Waals surface area contributed by atoms with E-state index in [0.29, 0.717) is 0 Å². The fourth-order valence-electron chi connectivity index (χ4n) is 1.64. The molecular formula is C11H10BrNO. The van der Waals surface area contributed by atoms with E-state index in [1.807, 2.05) is 36.0 Å². The standard InChI is InChI=1S/C11H10BrNO/c1-7(14)10-6-13(2)11-4-3-8(12)5-9(10)11/h3-6H,1-2H3. The van der Waals surface area contributed by atoms with Gasteiger partial charge < -0.3 is 4.57 Å². The fourth-order valence-corrected chi connectivity index (χ4v) is 2.01. The Labute approximate surface area is 90.7 Å². The molecule has 0 unspecified atom stereocenters. The van der Waals surface area contributed by atoms with E-state index in [2.05, 4.69) is 15.9 Å². The Kier molecular flexibility index (Phi) is 2.19. The normalized spacial score (nSPS) is 10.8. The number of halogens is 1. The number of Topliss-reactive ketones (excluding diaryl/α,β-unsaturated/α-hetero) is 1. The van der Waals surface area contributed by atoms with Gasteiger partial charge in [0, 0.05) is 34.2 Å². The van der Waals surface area contributed by atoms with Crippen molar-refractivity contribution in [2.24, 2.45) is 7.05 Å². The summed E-state index contributed by atoms with van der Waals surface area (Å²) in [6, 6.07) is 5.96. The molecule has 1 aromatic carbocycles. The van der Waals surface area contributed by atoms with Crippen molar-refractivity contribution in [2.45, 2.75) is 6.92 Å². The second kappa shape index (κ2) is 3.24. The summed E-state index contributed by atoms with van der Waals surface area (Å²) in [6.07, 6.45) is 1.87. The summed E-state index contributed by atoms with van der Waals surface area (Å²) < 4.78 is 2.97. The fraction of sp³-hybridized carbons (Fsp3) is 0.182. The maximum atomic E-state index is 11.4. The minimum absolute atomic E-state index is 0.105. The van der Waals surface area contributed by atoms with Gasteiger partial charge in [0.1, 0.15) is 0 Å². The van der Waals surface area contributed by atoms with Gasteiger partial charge in [-0.15, -0.1) is 0 Å². The zero-order chi connectivity index (χ0) is 10.3. The molecule has 0 radical (unpaired) electrons. The summed E-state index contributed by atoms with van der Waals surface area (Å²) in [6.45, 7) is 1.59. The molecule has 2 rings (SSSR count). The lowest BCUT2D eigenvalue weighted by Crippen LogP contribution is -1.89. The van der Waals surface area contributed by atoms with Crippen LogP contribution in [-0.4, -0.2) is 10.4 Å². The van der Waals surface area contributed by atoms with Gasteiger partial charge in [-0.05, 0) is 25.1 Å². The Bertz CT molecular complexity index is 513. The van der Waals surface area contributed by atoms with Crippen LogP contribution in [0.2, 0.25) is 0 Å². The Morgan fingerprint density at radius 2 is 2.14 bits per heavy atom. The Morgan fingerprint density at radius 1 is 1.43 bits per heavy atom. The number of ketones is 1. The minimum Gasteiger partial charge on any atom is -0.350 e. The number of nitrogens with zero attached hydrogens (tertiary/aromatic N) is 1. The molecule has 2 aromatic rings. The molecule has 0 saturated carbocycles. The number of carbonyl (C=O) groups is 1. The van der Waals surface area contributed by atoms with E-state index in [1.165, 1.54) is 0 Å². The topological polar surface area (TPSA) is 22.0 Å². The van der Waals surface area contributed by atoms with Crippen LogP contribution in [0.5, 0.6) is 0 Å². The van der Waals surface area contributed by atoms with Gasteiger partial charge >= 0.3 is 0 Å². The predicted octanol–water partition coefficient (Wildman–Crippen LogP) is 3.14. The SMILES string of the molecule is CC(=O)c1cn(C)c2ccc(Br)cc12. The van der Waals surface area contributed by atoms with E-state index in [-0.39, 0.29) is 5.78 Å². The van der Waals surface area contributed by atoms with Gasteiger partial charge in [-0.3, -0.25) is 4.79 Å². The first kappa shape index (κ1) is 9.46. The monoisotopic (exact) mass is 251 g/mol. The first-order chi connectivity index (χ1) is 6.59. The zero-order valence-electron chi connectivity index (χ0n) is 8.04. The summed E-state index contributed by atoms with van der Waals surface area (Å²) in [5.41, 5.74) is 1.86. The van der Waals surface area contributed by atoms with Gasteiger partial charge in [0.15, 0.2) is 5.78 Å². The maximum absolute atomic E-state index is 11.4. The van der Waals surface area contributed by atoms with E-state index < -0.39 is 0 Å². The van der Waals surface area contributed by atoms with Crippen LogP contribution in [0.1, 0.15) is 17.3 Å². The molecule has 0 spiro atoms. The highest BCUT2D eigenvalue weighted by Crippen LogP contribution is 2.24. The molecule has 14 heavy (non-hydrogen) atoms. The molecule has 0 saturated heterocycles. The molecule has 0 aliphatic heterocycles. The highest BCUT2D eigenvalue weighted by atomic mass is 79.9. The predicted molar refractivity (Wildman–Crippen MR) is 60.6 cm³/mol. The Hall–Kier alpha value is -1.09. The quantitative estimate of drug-likeness (QED) is 0.714. The van der Waals surface area contributed by atoms with Crippen molar-refractivity contribution in [1.82, 2.24) is 4.57 Å². The second-order valence-corrected chi connectivity index (χ2v) is 4.29. The van der Waals surface area contributed by atoms with E-state index in [4.69, 9.17) is 0 Å². The summed E-state index contributed by atoms with van der Waals surface area (Å²) in [5, 5.41) is 1.01. The van der Waals surface area contributed by atoms with E-state index in [9.17, 15) is 4.79 Å². The molecule has 0 N–H and O–H groups in total. The third kappa shape index (κ3) is 1.38. The number of carbonyl (C=O) groups excluding carboxylic acids is 1. The third-order valence-corrected chi connectivity index (χ3v) is 2.82. The van der Waals surface area contributed by atoms with Crippen LogP contribution in [0.3, 0.4) is 0 Å². The van der Waals surface area contributed by atoms with Crippen molar-refractivity contribution < 1.29 is 4.79 Å². The first-order valence-electron chi connectivity index (χ1n) is 4.35. The maximum Gasteiger partial charge on any atom is 0.161 e. The first-order valence-corrected chi connectivity index (χ1v) is 5.14. The number of aryl methyl sites for hydroxylation is 1. The van der Waals surface area contributed by atoms with Crippen molar-refractivity contribution in [3.63, 3.8) is 0 Å². The van der Waals surface area contributed by atoms with Crippen molar-refractivity contribution in [1.29, 1.82) is 0 Å². The molecule has 1 heterocycles. The lowest BCUT2D eigenvalue weighted by molar-refractivity contribution is 0.101. The Morgan fingerprint density at radius 3 is 2.79 bits per heavy atom. The van der Waals surface area contributed by atoms with Crippen LogP contribution in [0, 0.1) is 0 Å². The van der Waals surface area contributed by atoms with Crippen LogP contribution < -0.4 is 0 Å². The molecular weight excluding hydrogens is 242 g/mol. The smallest absolute Gasteiger partial charge is 0.161 e. The van der Waals surface area contributed by atoms with Gasteiger partial charge in [-0.2, -0.15) is 0 Å². The van der Waals surface area contributed by atoms with E-state index in [1.54, 1.807) is 6.92 Å². The number of rotatable bonds is 1. The molecule has 0 amide bonds. The van der Waals surface area contributed by atoms with Crippen LogP contribution in [-0.2, 0) is 7.05 Å². The van der Waals surface area contributed by atoms with E-state index in [0.717, 1.165) is 20.9 Å². The summed E-state index contributed by atoms with van der Waals surface area (Å²) in [4.78, 5) is 11.4. The molecule has 0 fully saturated rings. The number of hydrogen-bond donors (Lipinski definition) is 0. The molecule has 2 nitrogen and oxygen atoms in total. The van der Waals surface area contributed by atoms with Crippen molar-refractivity contribution in [3.05, 3.63) is 34.4 Å². The number of hydrogen-bond acceptors (Lipinski definition) is 1. The van der Waals surface area contributed by atoms with Gasteiger partial charge in [0.2, 0.25) is 0 Å². The highest BCUT2D eigenvalue weighted by molar-refractivity contribution is 9.10. The van der Waals surface area contributed by atoms with Crippen molar-refractivity contribution >= 4 is 32.6 Å². The largest absolute Gasteiger partial charge is 0.350 e. The summed E-state index contributed by atoms with van der Waals surface area (Å²) >= 11 is 3.40. The average Bonchev–Trinajstić information content (AvgIpc) is 2.43. The summed E-state index contributed by atoms with van der Waals surface area (Å²) in [7, 11) is 1.95. The van der Waals surface area contributed by atoms with Gasteiger partial charge in [0.05, 0.1) is 0 Å². The molecule has 72 valence electrons. The van der Waals surface area contributed by atoms with Gasteiger partial charge in [-0.1, -0.05) is 15.9 Å². The van der Waals surface area contributed by atoms with Crippen molar-refractivity contribution in [2.75, 3.05) is 0 Å². The third-order valence-electron chi connectivity index (χ3n) is 2.33. The Balaban J connectivity index is 2.85. The average molecular weight is 252 g/mol. The van der Waals surface area contributed by atoms with Gasteiger partial charge in [0.25, 0.3) is 0 Å². The summed E-state index contributed by atoms with van der Waals surface area (Å²) in [5.74, 6) is 0.105. The molecule has 0 aliphatic carbocycles. The van der Waals surface area contributed by atoms with Crippen LogP contribution >= 0.6 is 15.9 Å². The highest BCUT2D eigenvalue weighted by Gasteiger charge is 2.09. The number of fused-ring (bicyclic) bond motifs is 1. The minimum atomic E-state index is 0.105. The van der Waals surface area contributed by atoms with Crippen LogP contribution in [0.4, 0.5) is 0 Å². The van der Waals surface area contributed by atoms with Crippen LogP contribution in [0.15, 0.2) is 28.9 Å². The molecule has 0 atom stereocenters. The van der Waals surface area contributed by atoms with E-state index >= 15 is 0 Å². The molecule has 0 bridgehead atoms. The van der Waals surface area contributed by atoms with Gasteiger partial charge in [-0.25, -0.2) is 0 Å². The lowest BCUT2D eigenvalue weighted by Gasteiger charge is -1.96. The van der Waals surface area contributed by atoms with Crippen molar-refractivity contribution in [3.8, 4) is 0 Å². The molecule has 3 heteroatoms. The number of benzene rings is 1. The second-order valence-electron chi connectivity index (χ2n) is 3.37. The zero-order valence-corrected chi connectivity index (χ0v) is 9.63. The molecule has 1 aromatic heterocycles. The lowest BCUT2D eigenvalue weighted by atomic mass is 10.1. The van der Waals surface area contributed by atoms with Crippen LogP contribution in [0.25, 0.3) is 10.9 Å².